The first-order valence-electron chi connectivity index (χ1n) is 17.9. The molecule has 15 heteroatoms. The Morgan fingerprint density at radius 1 is 1.04 bits per heavy atom. The molecule has 1 aliphatic carbocycles. The Labute approximate surface area is 290 Å². The van der Waals surface area contributed by atoms with Crippen molar-refractivity contribution in [2.45, 2.75) is 87.6 Å². The van der Waals surface area contributed by atoms with E-state index in [0.717, 1.165) is 60.5 Å². The van der Waals surface area contributed by atoms with Crippen LogP contribution in [-0.2, 0) is 4.74 Å². The lowest BCUT2D eigenvalue weighted by atomic mass is 9.91. The number of fused-ring (bicyclic) bond motifs is 2. The number of ether oxygens (including phenoxy) is 1. The monoisotopic (exact) mass is 709 g/mol. The van der Waals surface area contributed by atoms with Gasteiger partial charge in [-0.1, -0.05) is 32.1 Å². The van der Waals surface area contributed by atoms with Gasteiger partial charge < -0.3 is 36.2 Å². The summed E-state index contributed by atoms with van der Waals surface area (Å²) in [4.78, 5) is 33.6. The Balaban J connectivity index is 1.17. The van der Waals surface area contributed by atoms with E-state index in [1.165, 1.54) is 43.4 Å². The summed E-state index contributed by atoms with van der Waals surface area (Å²) in [6.07, 6.45) is 12.7. The van der Waals surface area contributed by atoms with E-state index in [2.05, 4.69) is 31.1 Å². The average molecular weight is 710 g/mol. The molecule has 3 aliphatic heterocycles. The van der Waals surface area contributed by atoms with E-state index in [1.807, 2.05) is 0 Å². The molecule has 4 atom stereocenters. The minimum Gasteiger partial charge on any atom is -0.439 e. The molecule has 1 saturated carbocycles. The van der Waals surface area contributed by atoms with Crippen LogP contribution in [0.4, 0.5) is 17.7 Å². The number of hydrogen-bond donors (Lipinski definition) is 4. The fourth-order valence-corrected chi connectivity index (χ4v) is 14.5. The number of anilines is 3. The van der Waals surface area contributed by atoms with Crippen LogP contribution in [0.3, 0.4) is 0 Å². The second-order valence-corrected chi connectivity index (χ2v) is 19.0. The molecule has 7 heterocycles. The number of nitrogens with one attached hydrogen (secondary N) is 2. The highest BCUT2D eigenvalue weighted by Crippen LogP contribution is 2.65. The zero-order valence-electron chi connectivity index (χ0n) is 27.9. The smallest absolute Gasteiger partial charge is 0.256 e. The van der Waals surface area contributed by atoms with Gasteiger partial charge in [-0.25, -0.2) is 10.0 Å². The lowest BCUT2D eigenvalue weighted by Gasteiger charge is -2.44. The maximum atomic E-state index is 13.3. The highest BCUT2D eigenvalue weighted by atomic mass is 32.3. The van der Waals surface area contributed by atoms with Gasteiger partial charge in [0.1, 0.15) is 22.4 Å². The van der Waals surface area contributed by atoms with Crippen molar-refractivity contribution in [3.8, 4) is 0 Å². The minimum absolute atomic E-state index is 0.00861. The molecule has 6 N–H and O–H groups in total. The molecule has 264 valence electrons. The van der Waals surface area contributed by atoms with Gasteiger partial charge in [-0.05, 0) is 60.7 Å². The summed E-state index contributed by atoms with van der Waals surface area (Å²) < 4.78 is 14.5. The molecule has 13 nitrogen and oxygen atoms in total. The number of amides is 1. The number of nitrogens with two attached hydrogens (primary N) is 2. The maximum Gasteiger partial charge on any atom is 0.256 e. The van der Waals surface area contributed by atoms with Gasteiger partial charge in [0.15, 0.2) is 17.1 Å². The summed E-state index contributed by atoms with van der Waals surface area (Å²) in [5, 5.41) is 18.2. The van der Waals surface area contributed by atoms with Crippen LogP contribution in [0.25, 0.3) is 15.9 Å². The maximum absolute atomic E-state index is 13.3. The first-order chi connectivity index (χ1) is 23.9. The lowest BCUT2D eigenvalue weighted by molar-refractivity contribution is 0.100. The highest BCUT2D eigenvalue weighted by molar-refractivity contribution is 8.34. The molecule has 8 rings (SSSR count). The number of thiophene rings is 1. The molecule has 4 fully saturated rings. The Morgan fingerprint density at radius 3 is 2.59 bits per heavy atom. The molecule has 1 spiro atoms. The SMILES string of the molecule is NC(=O)c1c(NC2CC(c3csc4c(=O)cc(N5CCOCC5)oc34)CS23CCCCCCC3)nc(N[C@H]2CCCC[C@H]2N)n2cnnc12. The fraction of sp³-hybridized carbons (Fsp3) is 0.618. The van der Waals surface area contributed by atoms with Crippen LogP contribution in [-0.4, -0.2) is 86.5 Å². The van der Waals surface area contributed by atoms with Crippen LogP contribution in [0.1, 0.15) is 86.0 Å². The summed E-state index contributed by atoms with van der Waals surface area (Å²) in [7, 11) is -1.21. The van der Waals surface area contributed by atoms with Gasteiger partial charge in [0.05, 0.1) is 18.6 Å². The van der Waals surface area contributed by atoms with Crippen molar-refractivity contribution in [1.82, 2.24) is 19.6 Å². The Bertz CT molecular complexity index is 1880. The molecule has 4 aromatic heterocycles. The van der Waals surface area contributed by atoms with Crippen molar-refractivity contribution in [2.24, 2.45) is 11.5 Å². The largest absolute Gasteiger partial charge is 0.439 e. The van der Waals surface area contributed by atoms with Crippen LogP contribution in [0, 0.1) is 0 Å². The highest BCUT2D eigenvalue weighted by Gasteiger charge is 2.45. The number of carbonyl (C=O) groups is 1. The number of nitrogens with zero attached hydrogens (tertiary/aromatic N) is 5. The predicted octanol–water partition coefficient (Wildman–Crippen LogP) is 4.60. The summed E-state index contributed by atoms with van der Waals surface area (Å²) >= 11 is 1.49. The molecule has 0 bridgehead atoms. The third kappa shape index (κ3) is 6.27. The summed E-state index contributed by atoms with van der Waals surface area (Å²) in [6, 6.07) is 1.70. The van der Waals surface area contributed by atoms with E-state index in [0.29, 0.717) is 54.3 Å². The second-order valence-electron chi connectivity index (χ2n) is 14.2. The number of rotatable bonds is 7. The third-order valence-electron chi connectivity index (χ3n) is 11.1. The first kappa shape index (κ1) is 32.8. The van der Waals surface area contributed by atoms with E-state index >= 15 is 0 Å². The Morgan fingerprint density at radius 2 is 1.82 bits per heavy atom. The topological polar surface area (TPSA) is 179 Å². The van der Waals surface area contributed by atoms with Gasteiger partial charge in [-0.15, -0.1) is 21.5 Å². The Kier molecular flexibility index (Phi) is 9.18. The summed E-state index contributed by atoms with van der Waals surface area (Å²) in [5.41, 5.74) is 15.1. The molecule has 0 aromatic carbocycles. The molecule has 4 aromatic rings. The van der Waals surface area contributed by atoms with Crippen molar-refractivity contribution >= 4 is 60.9 Å². The average Bonchev–Trinajstić information content (AvgIpc) is 3.83. The van der Waals surface area contributed by atoms with Crippen LogP contribution in [0.15, 0.2) is 27.0 Å². The molecule has 49 heavy (non-hydrogen) atoms. The fourth-order valence-electron chi connectivity index (χ4n) is 8.45. The van der Waals surface area contributed by atoms with Crippen LogP contribution in [0.5, 0.6) is 0 Å². The quantitative estimate of drug-likeness (QED) is 0.211. The van der Waals surface area contributed by atoms with Crippen molar-refractivity contribution in [3.63, 3.8) is 0 Å². The predicted molar refractivity (Wildman–Crippen MR) is 197 cm³/mol. The number of morpholine rings is 1. The minimum atomic E-state index is -1.21. The standard InChI is InChI=1S/C34H47N9O4S2/c35-23-8-4-5-9-24(23)38-34-40-32(28(31(36)45)33-41-37-20-43(33)34)39-26-16-21(19-49(26)14-6-2-1-3-7-15-49)22-18-48-30-25(44)17-27(47-29(22)30)42-10-12-46-13-11-42/h17-18,20-21,23-24,26,39H,1-16,19,35H2,(H2,36,45)(H,38,40)/t21?,23-,24+,26?/m1/s1. The van der Waals surface area contributed by atoms with E-state index in [4.69, 9.17) is 25.6 Å². The molecule has 3 saturated heterocycles. The first-order valence-corrected chi connectivity index (χ1v) is 20.9. The van der Waals surface area contributed by atoms with Crippen molar-refractivity contribution in [3.05, 3.63) is 39.1 Å². The van der Waals surface area contributed by atoms with Crippen LogP contribution in [0.2, 0.25) is 0 Å². The van der Waals surface area contributed by atoms with Gasteiger partial charge in [0.25, 0.3) is 5.91 Å². The number of hydrogen-bond acceptors (Lipinski definition) is 12. The zero-order valence-corrected chi connectivity index (χ0v) is 29.5. The number of aromatic nitrogens is 4. The summed E-state index contributed by atoms with van der Waals surface area (Å²) in [6.45, 7) is 2.64. The van der Waals surface area contributed by atoms with Crippen LogP contribution < -0.4 is 32.4 Å². The van der Waals surface area contributed by atoms with E-state index in [1.54, 1.807) is 16.8 Å². The third-order valence-corrected chi connectivity index (χ3v) is 16.9. The molecular weight excluding hydrogens is 663 g/mol. The van der Waals surface area contributed by atoms with Gasteiger partial charge >= 0.3 is 0 Å². The van der Waals surface area contributed by atoms with E-state index < -0.39 is 15.9 Å². The molecule has 1 amide bonds. The lowest BCUT2D eigenvalue weighted by Crippen LogP contribution is -2.43. The molecule has 0 radical (unpaired) electrons. The Hall–Kier alpha value is -3.40. The van der Waals surface area contributed by atoms with Crippen molar-refractivity contribution in [1.29, 1.82) is 0 Å². The number of primary amides is 1. The van der Waals surface area contributed by atoms with Crippen LogP contribution >= 0.6 is 21.4 Å². The van der Waals surface area contributed by atoms with Gasteiger partial charge in [-0.2, -0.15) is 4.98 Å². The van der Waals surface area contributed by atoms with Crippen molar-refractivity contribution < 1.29 is 13.9 Å². The molecule has 2 unspecified atom stereocenters. The van der Waals surface area contributed by atoms with E-state index in [9.17, 15) is 9.59 Å². The second kappa shape index (κ2) is 13.7. The number of carbonyl (C=O) groups excluding carboxylic acids is 1. The van der Waals surface area contributed by atoms with E-state index in [-0.39, 0.29) is 34.4 Å². The van der Waals surface area contributed by atoms with Gasteiger partial charge in [0.2, 0.25) is 11.4 Å². The van der Waals surface area contributed by atoms with Gasteiger partial charge in [-0.3, -0.25) is 14.0 Å². The normalized spacial score (nSPS) is 26.8. The van der Waals surface area contributed by atoms with Crippen molar-refractivity contribution in [2.75, 3.05) is 59.1 Å². The zero-order chi connectivity index (χ0) is 33.5. The molecular formula is C34H47N9O4S2. The summed E-state index contributed by atoms with van der Waals surface area (Å²) in [5.74, 6) is 4.62. The molecule has 4 aliphatic rings. The van der Waals surface area contributed by atoms with Gasteiger partial charge in [0, 0.05) is 36.8 Å².